The Morgan fingerprint density at radius 1 is 1.39 bits per heavy atom. The Kier molecular flexibility index (Phi) is 3.78. The van der Waals surface area contributed by atoms with Gasteiger partial charge in [-0.05, 0) is 6.42 Å². The molecule has 0 aromatic carbocycles. The molecule has 1 aliphatic rings. The summed E-state index contributed by atoms with van der Waals surface area (Å²) in [6.45, 7) is -0.279. The molecule has 3 rings (SSSR count). The molecule has 7 nitrogen and oxygen atoms in total. The average Bonchev–Trinajstić information content (AvgIpc) is 3.09. The molecule has 1 atom stereocenters. The first-order valence-corrected chi connectivity index (χ1v) is 7.08. The number of ether oxygens (including phenoxy) is 1. The summed E-state index contributed by atoms with van der Waals surface area (Å²) in [5.74, 6) is -0.00293. The fourth-order valence-corrected chi connectivity index (χ4v) is 2.78. The van der Waals surface area contributed by atoms with Crippen LogP contribution in [-0.4, -0.2) is 38.3 Å². The Balaban J connectivity index is 2.15. The summed E-state index contributed by atoms with van der Waals surface area (Å²) in [5, 5.41) is 3.62. The quantitative estimate of drug-likeness (QED) is 0.820. The summed E-state index contributed by atoms with van der Waals surface area (Å²) in [6.07, 6.45) is -2.70. The van der Waals surface area contributed by atoms with Gasteiger partial charge in [0, 0.05) is 26.1 Å². The van der Waals surface area contributed by atoms with Crippen LogP contribution in [0.15, 0.2) is 15.8 Å². The van der Waals surface area contributed by atoms with E-state index in [4.69, 9.17) is 4.74 Å². The van der Waals surface area contributed by atoms with Gasteiger partial charge in [-0.2, -0.15) is 18.3 Å². The third-order valence-corrected chi connectivity index (χ3v) is 3.94. The van der Waals surface area contributed by atoms with Crippen molar-refractivity contribution in [2.75, 3.05) is 13.2 Å². The van der Waals surface area contributed by atoms with Gasteiger partial charge in [-0.15, -0.1) is 0 Å². The van der Waals surface area contributed by atoms with Crippen molar-refractivity contribution in [3.05, 3.63) is 27.0 Å². The van der Waals surface area contributed by atoms with E-state index in [1.54, 1.807) is 0 Å². The molecule has 10 heteroatoms. The fraction of sp³-hybridized carbons (Fsp3) is 0.615. The van der Waals surface area contributed by atoms with Crippen molar-refractivity contribution in [1.82, 2.24) is 18.9 Å². The molecule has 0 spiro atoms. The van der Waals surface area contributed by atoms with Gasteiger partial charge in [0.25, 0.3) is 5.56 Å². The van der Waals surface area contributed by atoms with Crippen LogP contribution in [0, 0.1) is 5.92 Å². The molecule has 0 bridgehead atoms. The van der Waals surface area contributed by atoms with E-state index in [2.05, 4.69) is 5.10 Å². The second-order valence-electron chi connectivity index (χ2n) is 5.64. The van der Waals surface area contributed by atoms with Crippen LogP contribution >= 0.6 is 0 Å². The second kappa shape index (κ2) is 5.52. The van der Waals surface area contributed by atoms with E-state index >= 15 is 0 Å². The van der Waals surface area contributed by atoms with Crippen LogP contribution in [0.25, 0.3) is 11.0 Å². The normalized spacial score (nSPS) is 18.9. The lowest BCUT2D eigenvalue weighted by Gasteiger charge is -2.13. The van der Waals surface area contributed by atoms with Crippen LogP contribution in [0.3, 0.4) is 0 Å². The summed E-state index contributed by atoms with van der Waals surface area (Å²) in [5.41, 5.74) is -1.45. The molecule has 23 heavy (non-hydrogen) atoms. The summed E-state index contributed by atoms with van der Waals surface area (Å²) in [6, 6.07) is 0. The van der Waals surface area contributed by atoms with Crippen LogP contribution in [0.4, 0.5) is 13.2 Å². The Morgan fingerprint density at radius 3 is 2.74 bits per heavy atom. The van der Waals surface area contributed by atoms with Gasteiger partial charge in [0.2, 0.25) is 0 Å². The fourth-order valence-electron chi connectivity index (χ4n) is 2.78. The summed E-state index contributed by atoms with van der Waals surface area (Å²) >= 11 is 0. The topological polar surface area (TPSA) is 71.1 Å². The monoisotopic (exact) mass is 332 g/mol. The molecule has 3 heterocycles. The predicted molar refractivity (Wildman–Crippen MR) is 74.2 cm³/mol. The summed E-state index contributed by atoms with van der Waals surface area (Å²) < 4.78 is 45.8. The van der Waals surface area contributed by atoms with Gasteiger partial charge in [0.15, 0.2) is 5.52 Å². The smallest absolute Gasteiger partial charge is 0.381 e. The van der Waals surface area contributed by atoms with Gasteiger partial charge in [-0.25, -0.2) is 9.48 Å². The lowest BCUT2D eigenvalue weighted by Crippen LogP contribution is -2.41. The molecule has 2 aromatic rings. The van der Waals surface area contributed by atoms with Crippen molar-refractivity contribution in [2.45, 2.75) is 25.7 Å². The van der Waals surface area contributed by atoms with Gasteiger partial charge < -0.3 is 4.74 Å². The number of hydrogen-bond acceptors (Lipinski definition) is 4. The molecule has 0 aliphatic carbocycles. The first-order valence-electron chi connectivity index (χ1n) is 7.08. The first kappa shape index (κ1) is 15.8. The van der Waals surface area contributed by atoms with E-state index < -0.39 is 24.0 Å². The number of nitrogens with zero attached hydrogens (tertiary/aromatic N) is 4. The minimum absolute atomic E-state index is 0.00293. The third kappa shape index (κ3) is 2.90. The van der Waals surface area contributed by atoms with Crippen LogP contribution in [0.5, 0.6) is 0 Å². The van der Waals surface area contributed by atoms with Gasteiger partial charge in [-0.1, -0.05) is 0 Å². The van der Waals surface area contributed by atoms with E-state index in [0.717, 1.165) is 15.3 Å². The zero-order valence-electron chi connectivity index (χ0n) is 12.3. The molecular weight excluding hydrogens is 317 g/mol. The van der Waals surface area contributed by atoms with Crippen molar-refractivity contribution in [1.29, 1.82) is 0 Å². The van der Waals surface area contributed by atoms with Crippen molar-refractivity contribution >= 4 is 11.0 Å². The third-order valence-electron chi connectivity index (χ3n) is 3.94. The van der Waals surface area contributed by atoms with Crippen LogP contribution in [-0.2, 0) is 24.9 Å². The van der Waals surface area contributed by atoms with Crippen LogP contribution < -0.4 is 11.2 Å². The highest BCUT2D eigenvalue weighted by molar-refractivity contribution is 5.73. The minimum atomic E-state index is -4.51. The maximum atomic E-state index is 12.6. The SMILES string of the molecule is Cn1c(=O)n(CC2CCOC2)c(=O)c2c1cnn2CC(F)(F)F. The molecule has 1 unspecified atom stereocenters. The van der Waals surface area contributed by atoms with E-state index in [-0.39, 0.29) is 23.5 Å². The van der Waals surface area contributed by atoms with Crippen molar-refractivity contribution in [3.8, 4) is 0 Å². The lowest BCUT2D eigenvalue weighted by atomic mass is 10.1. The maximum absolute atomic E-state index is 12.6. The first-order chi connectivity index (χ1) is 10.8. The molecule has 0 saturated carbocycles. The number of aromatic nitrogens is 4. The number of fused-ring (bicyclic) bond motifs is 1. The predicted octanol–water partition coefficient (Wildman–Crippen LogP) is 0.495. The second-order valence-corrected chi connectivity index (χ2v) is 5.64. The number of halogens is 3. The molecule has 0 amide bonds. The molecule has 1 fully saturated rings. The van der Waals surface area contributed by atoms with Gasteiger partial charge in [0.05, 0.1) is 18.3 Å². The van der Waals surface area contributed by atoms with Crippen molar-refractivity contribution in [2.24, 2.45) is 13.0 Å². The maximum Gasteiger partial charge on any atom is 0.408 e. The molecule has 1 saturated heterocycles. The zero-order valence-corrected chi connectivity index (χ0v) is 12.3. The number of aryl methyl sites for hydroxylation is 1. The van der Waals surface area contributed by atoms with Gasteiger partial charge in [0.1, 0.15) is 6.54 Å². The highest BCUT2D eigenvalue weighted by Crippen LogP contribution is 2.19. The largest absolute Gasteiger partial charge is 0.408 e. The Morgan fingerprint density at radius 2 is 2.13 bits per heavy atom. The Labute approximate surface area is 127 Å². The highest BCUT2D eigenvalue weighted by Gasteiger charge is 2.30. The summed E-state index contributed by atoms with van der Waals surface area (Å²) in [4.78, 5) is 24.8. The zero-order chi connectivity index (χ0) is 16.8. The number of alkyl halides is 3. The molecule has 126 valence electrons. The van der Waals surface area contributed by atoms with Crippen molar-refractivity contribution < 1.29 is 17.9 Å². The highest BCUT2D eigenvalue weighted by atomic mass is 19.4. The summed E-state index contributed by atoms with van der Waals surface area (Å²) in [7, 11) is 1.41. The molecular formula is C13H15F3N4O3. The van der Waals surface area contributed by atoms with Gasteiger partial charge in [-0.3, -0.25) is 13.9 Å². The van der Waals surface area contributed by atoms with E-state index in [9.17, 15) is 22.8 Å². The molecule has 0 radical (unpaired) electrons. The molecule has 1 aliphatic heterocycles. The number of hydrogen-bond donors (Lipinski definition) is 0. The van der Waals surface area contributed by atoms with Gasteiger partial charge >= 0.3 is 11.9 Å². The number of rotatable bonds is 3. The Bertz CT molecular complexity index is 843. The van der Waals surface area contributed by atoms with Crippen LogP contribution in [0.2, 0.25) is 0 Å². The Hall–Kier alpha value is -2.10. The minimum Gasteiger partial charge on any atom is -0.381 e. The van der Waals surface area contributed by atoms with E-state index in [1.165, 1.54) is 7.05 Å². The average molecular weight is 332 g/mol. The van der Waals surface area contributed by atoms with Crippen molar-refractivity contribution in [3.63, 3.8) is 0 Å². The lowest BCUT2D eigenvalue weighted by molar-refractivity contribution is -0.141. The van der Waals surface area contributed by atoms with E-state index in [1.807, 2.05) is 0 Å². The standard InChI is InChI=1S/C13H15F3N4O3/c1-18-9-4-17-20(7-13(14,15)16)10(9)11(21)19(12(18)22)5-8-2-3-23-6-8/h4,8H,2-3,5-7H2,1H3. The van der Waals surface area contributed by atoms with E-state index in [0.29, 0.717) is 24.3 Å². The molecule has 0 N–H and O–H groups in total. The van der Waals surface area contributed by atoms with Crippen LogP contribution in [0.1, 0.15) is 6.42 Å². The molecule has 2 aromatic heterocycles.